The number of nitrogens with zero attached hydrogens (tertiary/aromatic N) is 6. The molecule has 208 valence electrons. The second-order valence-electron chi connectivity index (χ2n) is 9.56. The Balaban J connectivity index is 1.83. The molecule has 5 rings (SSSR count). The van der Waals surface area contributed by atoms with Gasteiger partial charge in [-0.1, -0.05) is 12.1 Å². The first kappa shape index (κ1) is 28.4. The monoisotopic (exact) mass is 590 g/mol. The van der Waals surface area contributed by atoms with Crippen molar-refractivity contribution < 1.29 is 18.9 Å². The van der Waals surface area contributed by atoms with Gasteiger partial charge in [0.25, 0.3) is 5.56 Å². The fourth-order valence-corrected chi connectivity index (χ4v) is 4.90. The van der Waals surface area contributed by atoms with Crippen LogP contribution < -0.4 is 11.2 Å². The number of benzene rings is 1. The first-order valence-corrected chi connectivity index (χ1v) is 14.9. The first-order valence-electron chi connectivity index (χ1n) is 12.1. The standard InChI is InChI=1S/C27H23N6O6PS/c1-27(2,14-28)17-5-7-18(8-6-17)33-24-19(25(34)32(26(33)35)15-39-40(36,37)38)13-29-21-10-9-20(31-23(21)24)16-4-11-22(41-3)30-12-16/h4-13H,15H2,1-3H3,(H2,36,37,38). The van der Waals surface area contributed by atoms with Crippen molar-refractivity contribution >= 4 is 41.5 Å². The molecule has 0 spiro atoms. The van der Waals surface area contributed by atoms with E-state index in [1.54, 1.807) is 56.4 Å². The summed E-state index contributed by atoms with van der Waals surface area (Å²) in [7, 11) is -5.01. The average molecular weight is 591 g/mol. The van der Waals surface area contributed by atoms with Crippen LogP contribution in [0.15, 0.2) is 75.5 Å². The zero-order valence-electron chi connectivity index (χ0n) is 22.0. The van der Waals surface area contributed by atoms with Gasteiger partial charge in [-0.05, 0) is 62.1 Å². The molecule has 0 radical (unpaired) electrons. The minimum atomic E-state index is -5.01. The Kier molecular flexibility index (Phi) is 7.37. The maximum Gasteiger partial charge on any atom is 0.471 e. The Labute approximate surface area is 237 Å². The van der Waals surface area contributed by atoms with Crippen molar-refractivity contribution in [2.45, 2.75) is 31.0 Å². The van der Waals surface area contributed by atoms with E-state index in [-0.39, 0.29) is 16.4 Å². The van der Waals surface area contributed by atoms with Crippen molar-refractivity contribution in [3.8, 4) is 23.0 Å². The van der Waals surface area contributed by atoms with Gasteiger partial charge in [-0.25, -0.2) is 23.9 Å². The van der Waals surface area contributed by atoms with Gasteiger partial charge < -0.3 is 9.79 Å². The molecule has 12 nitrogen and oxygen atoms in total. The van der Waals surface area contributed by atoms with Crippen LogP contribution in [-0.2, 0) is 21.2 Å². The van der Waals surface area contributed by atoms with Gasteiger partial charge >= 0.3 is 13.5 Å². The molecule has 0 saturated carbocycles. The summed E-state index contributed by atoms with van der Waals surface area (Å²) in [5.41, 5.74) is 0.531. The summed E-state index contributed by atoms with van der Waals surface area (Å²) in [5.74, 6) is 0. The molecule has 4 heterocycles. The highest BCUT2D eigenvalue weighted by Crippen LogP contribution is 2.36. The third-order valence-electron chi connectivity index (χ3n) is 6.53. The van der Waals surface area contributed by atoms with Crippen molar-refractivity contribution in [3.63, 3.8) is 0 Å². The molecule has 5 aromatic rings. The fourth-order valence-electron chi connectivity index (χ4n) is 4.28. The van der Waals surface area contributed by atoms with Crippen LogP contribution in [0.3, 0.4) is 0 Å². The number of hydrogen-bond donors (Lipinski definition) is 2. The Morgan fingerprint density at radius 3 is 2.39 bits per heavy atom. The van der Waals surface area contributed by atoms with Crippen LogP contribution in [0, 0.1) is 11.3 Å². The number of phosphoric ester groups is 1. The quantitative estimate of drug-likeness (QED) is 0.161. The topological polar surface area (TPSA) is 173 Å². The molecular weight excluding hydrogens is 567 g/mol. The molecule has 4 aromatic heterocycles. The highest BCUT2D eigenvalue weighted by atomic mass is 32.2. The minimum absolute atomic E-state index is 0.0200. The van der Waals surface area contributed by atoms with Gasteiger partial charge in [-0.2, -0.15) is 5.26 Å². The normalized spacial score (nSPS) is 12.1. The van der Waals surface area contributed by atoms with Crippen molar-refractivity contribution in [2.24, 2.45) is 0 Å². The number of hydrogen-bond acceptors (Lipinski definition) is 9. The lowest BCUT2D eigenvalue weighted by atomic mass is 9.86. The largest absolute Gasteiger partial charge is 0.471 e. The zero-order valence-corrected chi connectivity index (χ0v) is 23.8. The summed E-state index contributed by atoms with van der Waals surface area (Å²) in [6.45, 7) is 2.53. The smallest absolute Gasteiger partial charge is 0.303 e. The number of thioether (sulfide) groups is 1. The van der Waals surface area contributed by atoms with E-state index in [2.05, 4.69) is 20.6 Å². The maximum atomic E-state index is 13.8. The number of fused-ring (bicyclic) bond motifs is 3. The van der Waals surface area contributed by atoms with Crippen LogP contribution in [0.5, 0.6) is 0 Å². The molecule has 2 N–H and O–H groups in total. The van der Waals surface area contributed by atoms with Crippen LogP contribution in [0.25, 0.3) is 38.9 Å². The molecule has 0 bridgehead atoms. The summed E-state index contributed by atoms with van der Waals surface area (Å²) in [5, 5.41) is 10.3. The van der Waals surface area contributed by atoms with Gasteiger partial charge in [0.2, 0.25) is 0 Å². The van der Waals surface area contributed by atoms with Gasteiger partial charge in [0.1, 0.15) is 12.2 Å². The molecule has 1 aromatic carbocycles. The van der Waals surface area contributed by atoms with Gasteiger partial charge in [0.15, 0.2) is 0 Å². The molecule has 14 heteroatoms. The van der Waals surface area contributed by atoms with Crippen LogP contribution in [0.2, 0.25) is 0 Å². The van der Waals surface area contributed by atoms with Gasteiger partial charge in [-0.3, -0.25) is 18.9 Å². The summed E-state index contributed by atoms with van der Waals surface area (Å²) < 4.78 is 17.7. The Morgan fingerprint density at radius 1 is 1.05 bits per heavy atom. The molecule has 0 aliphatic heterocycles. The zero-order chi connectivity index (χ0) is 29.5. The molecule has 0 aliphatic carbocycles. The molecule has 0 amide bonds. The average Bonchev–Trinajstić information content (AvgIpc) is 2.96. The lowest BCUT2D eigenvalue weighted by Gasteiger charge is -2.18. The highest BCUT2D eigenvalue weighted by molar-refractivity contribution is 7.98. The number of aromatic nitrogens is 5. The lowest BCUT2D eigenvalue weighted by molar-refractivity contribution is 0.148. The third kappa shape index (κ3) is 5.44. The number of nitriles is 1. The number of pyridine rings is 3. The third-order valence-corrected chi connectivity index (χ3v) is 7.64. The first-order chi connectivity index (χ1) is 19.4. The second-order valence-corrected chi connectivity index (χ2v) is 11.6. The van der Waals surface area contributed by atoms with Crippen molar-refractivity contribution in [3.05, 3.63) is 87.3 Å². The SMILES string of the molecule is CSc1ccc(-c2ccc3ncc4c(=O)n(COP(=O)(O)O)c(=O)n(-c5ccc(C(C)(C)C#N)cc5)c4c3n2)cn1. The van der Waals surface area contributed by atoms with Gasteiger partial charge in [0.05, 0.1) is 44.3 Å². The molecule has 0 atom stereocenters. The van der Waals surface area contributed by atoms with E-state index >= 15 is 0 Å². The number of phosphoric acid groups is 1. The van der Waals surface area contributed by atoms with E-state index < -0.39 is 31.2 Å². The minimum Gasteiger partial charge on any atom is -0.303 e. The van der Waals surface area contributed by atoms with Crippen LogP contribution >= 0.6 is 19.6 Å². The fraction of sp³-hybridized carbons (Fsp3) is 0.185. The maximum absolute atomic E-state index is 13.8. The molecule has 0 aliphatic rings. The summed E-state index contributed by atoms with van der Waals surface area (Å²) >= 11 is 1.50. The summed E-state index contributed by atoms with van der Waals surface area (Å²) in [4.78, 5) is 59.2. The predicted octanol–water partition coefficient (Wildman–Crippen LogP) is 3.75. The van der Waals surface area contributed by atoms with Gasteiger partial charge in [-0.15, -0.1) is 11.8 Å². The van der Waals surface area contributed by atoms with E-state index in [1.807, 2.05) is 18.4 Å². The van der Waals surface area contributed by atoms with E-state index in [0.29, 0.717) is 32.6 Å². The lowest BCUT2D eigenvalue weighted by Crippen LogP contribution is -2.40. The van der Waals surface area contributed by atoms with E-state index in [4.69, 9.17) is 4.98 Å². The second kappa shape index (κ2) is 10.7. The van der Waals surface area contributed by atoms with E-state index in [0.717, 1.165) is 5.03 Å². The van der Waals surface area contributed by atoms with Gasteiger partial charge in [0, 0.05) is 18.0 Å². The Bertz CT molecular complexity index is 2010. The summed E-state index contributed by atoms with van der Waals surface area (Å²) in [6, 6.07) is 16.0. The number of rotatable bonds is 7. The van der Waals surface area contributed by atoms with Crippen LogP contribution in [-0.4, -0.2) is 40.1 Å². The Hall–Kier alpha value is -4.18. The van der Waals surface area contributed by atoms with Crippen LogP contribution in [0.4, 0.5) is 0 Å². The molecule has 0 saturated heterocycles. The van der Waals surface area contributed by atoms with Crippen molar-refractivity contribution in [1.29, 1.82) is 5.26 Å². The molecular formula is C27H23N6O6PS. The molecule has 0 fully saturated rings. The van der Waals surface area contributed by atoms with E-state index in [9.17, 15) is 29.2 Å². The Morgan fingerprint density at radius 2 is 1.78 bits per heavy atom. The van der Waals surface area contributed by atoms with Crippen molar-refractivity contribution in [2.75, 3.05) is 6.26 Å². The highest BCUT2D eigenvalue weighted by Gasteiger charge is 2.23. The van der Waals surface area contributed by atoms with Crippen LogP contribution in [0.1, 0.15) is 19.4 Å². The van der Waals surface area contributed by atoms with E-state index in [1.165, 1.54) is 22.5 Å². The van der Waals surface area contributed by atoms with Crippen molar-refractivity contribution in [1.82, 2.24) is 24.1 Å². The predicted molar refractivity (Wildman–Crippen MR) is 154 cm³/mol. The molecule has 41 heavy (non-hydrogen) atoms. The summed E-state index contributed by atoms with van der Waals surface area (Å²) in [6.07, 6.45) is 4.87. The molecule has 0 unspecified atom stereocenters.